The standard InChI is InChI=1S/C8H19N2.H2O/c1-10(2,3)7-8-5-4-6-9-8;/h8-9H,4-7H2,1-3H3;1H2/q+1;/p-1/t8-;/m0./s1. The van der Waals surface area contributed by atoms with E-state index in [1.165, 1.54) is 25.9 Å². The van der Waals surface area contributed by atoms with Gasteiger partial charge in [0.25, 0.3) is 0 Å². The Balaban J connectivity index is 0.000001000. The molecule has 1 aliphatic heterocycles. The average molecular weight is 160 g/mol. The molecule has 2 N–H and O–H groups in total. The van der Waals surface area contributed by atoms with E-state index in [9.17, 15) is 0 Å². The Kier molecular flexibility index (Phi) is 4.00. The number of hydrogen-bond acceptors (Lipinski definition) is 2. The fourth-order valence-corrected chi connectivity index (χ4v) is 1.57. The number of rotatable bonds is 2. The molecule has 68 valence electrons. The Morgan fingerprint density at radius 2 is 2.00 bits per heavy atom. The van der Waals surface area contributed by atoms with E-state index in [0.717, 1.165) is 10.5 Å². The topological polar surface area (TPSA) is 42.0 Å². The van der Waals surface area contributed by atoms with Crippen LogP contribution in [0.3, 0.4) is 0 Å². The smallest absolute Gasteiger partial charge is 0.0936 e. The van der Waals surface area contributed by atoms with Gasteiger partial charge >= 0.3 is 0 Å². The van der Waals surface area contributed by atoms with Crippen LogP contribution in [0.4, 0.5) is 0 Å². The maximum absolute atomic E-state index is 3.50. The summed E-state index contributed by atoms with van der Waals surface area (Å²) in [5.74, 6) is 0. The van der Waals surface area contributed by atoms with Gasteiger partial charge in [0.2, 0.25) is 0 Å². The molecule has 1 atom stereocenters. The van der Waals surface area contributed by atoms with E-state index in [1.807, 2.05) is 0 Å². The van der Waals surface area contributed by atoms with Gasteiger partial charge in [-0.2, -0.15) is 0 Å². The van der Waals surface area contributed by atoms with Crippen molar-refractivity contribution < 1.29 is 9.96 Å². The normalized spacial score (nSPS) is 24.8. The molecule has 0 radical (unpaired) electrons. The van der Waals surface area contributed by atoms with Crippen molar-refractivity contribution in [1.82, 2.24) is 5.32 Å². The molecule has 11 heavy (non-hydrogen) atoms. The molecule has 0 bridgehead atoms. The summed E-state index contributed by atoms with van der Waals surface area (Å²) in [6.07, 6.45) is 2.74. The molecule has 1 aliphatic rings. The molecule has 1 fully saturated rings. The van der Waals surface area contributed by atoms with Gasteiger partial charge in [-0.3, -0.25) is 0 Å². The second kappa shape index (κ2) is 4.04. The number of nitrogens with zero attached hydrogens (tertiary/aromatic N) is 1. The maximum Gasteiger partial charge on any atom is 0.0936 e. The molecule has 0 aliphatic carbocycles. The molecular formula is C8H20N2O. The van der Waals surface area contributed by atoms with E-state index < -0.39 is 0 Å². The lowest BCUT2D eigenvalue weighted by Crippen LogP contribution is -2.44. The molecule has 0 amide bonds. The van der Waals surface area contributed by atoms with E-state index >= 15 is 0 Å². The highest BCUT2D eigenvalue weighted by Gasteiger charge is 2.20. The van der Waals surface area contributed by atoms with Crippen molar-refractivity contribution in [3.05, 3.63) is 0 Å². The van der Waals surface area contributed by atoms with Gasteiger partial charge in [0.15, 0.2) is 0 Å². The highest BCUT2D eigenvalue weighted by Crippen LogP contribution is 2.07. The Hall–Kier alpha value is -0.120. The van der Waals surface area contributed by atoms with Gasteiger partial charge < -0.3 is 15.3 Å². The lowest BCUT2D eigenvalue weighted by atomic mass is 10.2. The van der Waals surface area contributed by atoms with Crippen LogP contribution in [0.15, 0.2) is 0 Å². The van der Waals surface area contributed by atoms with Gasteiger partial charge in [-0.15, -0.1) is 0 Å². The average Bonchev–Trinajstić information content (AvgIpc) is 2.12. The summed E-state index contributed by atoms with van der Waals surface area (Å²) in [7, 11) is 6.75. The zero-order valence-electron chi connectivity index (χ0n) is 7.80. The summed E-state index contributed by atoms with van der Waals surface area (Å²) in [5, 5.41) is 3.50. The minimum absolute atomic E-state index is 0. The third-order valence-corrected chi connectivity index (χ3v) is 1.93. The van der Waals surface area contributed by atoms with Crippen molar-refractivity contribution in [1.29, 1.82) is 0 Å². The zero-order chi connectivity index (χ0) is 7.61. The minimum atomic E-state index is 0. The van der Waals surface area contributed by atoms with Crippen molar-refractivity contribution in [3.63, 3.8) is 0 Å². The van der Waals surface area contributed by atoms with Gasteiger partial charge in [-0.25, -0.2) is 0 Å². The molecule has 3 heteroatoms. The largest absolute Gasteiger partial charge is 0.870 e. The fourth-order valence-electron chi connectivity index (χ4n) is 1.57. The lowest BCUT2D eigenvalue weighted by molar-refractivity contribution is -0.871. The highest BCUT2D eigenvalue weighted by molar-refractivity contribution is 4.72. The predicted octanol–water partition coefficient (Wildman–Crippen LogP) is 0.268. The Labute approximate surface area is 69.3 Å². The third-order valence-electron chi connectivity index (χ3n) is 1.93. The van der Waals surface area contributed by atoms with Crippen LogP contribution >= 0.6 is 0 Å². The van der Waals surface area contributed by atoms with Gasteiger partial charge in [0.05, 0.1) is 33.7 Å². The first kappa shape index (κ1) is 10.9. The van der Waals surface area contributed by atoms with Crippen LogP contribution in [0.5, 0.6) is 0 Å². The first-order valence-corrected chi connectivity index (χ1v) is 4.12. The van der Waals surface area contributed by atoms with Crippen LogP contribution in [-0.2, 0) is 0 Å². The second-order valence-corrected chi connectivity index (χ2v) is 4.27. The maximum atomic E-state index is 3.50. The minimum Gasteiger partial charge on any atom is -0.870 e. The molecule has 0 aromatic carbocycles. The van der Waals surface area contributed by atoms with Crippen LogP contribution in [0, 0.1) is 0 Å². The monoisotopic (exact) mass is 160 g/mol. The summed E-state index contributed by atoms with van der Waals surface area (Å²) in [6.45, 7) is 2.49. The van der Waals surface area contributed by atoms with Gasteiger partial charge in [-0.05, 0) is 19.4 Å². The number of quaternary nitrogens is 1. The van der Waals surface area contributed by atoms with Crippen molar-refractivity contribution in [2.75, 3.05) is 34.2 Å². The summed E-state index contributed by atoms with van der Waals surface area (Å²) < 4.78 is 1.08. The third kappa shape index (κ3) is 4.35. The first-order chi connectivity index (χ1) is 4.58. The van der Waals surface area contributed by atoms with Crippen LogP contribution in [0.2, 0.25) is 0 Å². The molecular weight excluding hydrogens is 140 g/mol. The van der Waals surface area contributed by atoms with Crippen LogP contribution in [0.1, 0.15) is 12.8 Å². The highest BCUT2D eigenvalue weighted by atomic mass is 16.0. The van der Waals surface area contributed by atoms with Gasteiger partial charge in [-0.1, -0.05) is 0 Å². The van der Waals surface area contributed by atoms with Crippen LogP contribution < -0.4 is 5.32 Å². The van der Waals surface area contributed by atoms with Gasteiger partial charge in [0, 0.05) is 0 Å². The fraction of sp³-hybridized carbons (Fsp3) is 1.00. The SMILES string of the molecule is C[N+](C)(C)C[C@@H]1CCCN1.[OH-]. The van der Waals surface area contributed by atoms with E-state index in [-0.39, 0.29) is 5.48 Å². The van der Waals surface area contributed by atoms with Crippen molar-refractivity contribution in [2.24, 2.45) is 0 Å². The quantitative estimate of drug-likeness (QED) is 0.589. The van der Waals surface area contributed by atoms with E-state index in [0.29, 0.717) is 0 Å². The van der Waals surface area contributed by atoms with E-state index in [4.69, 9.17) is 0 Å². The molecule has 1 saturated heterocycles. The Morgan fingerprint density at radius 3 is 2.36 bits per heavy atom. The van der Waals surface area contributed by atoms with Crippen molar-refractivity contribution in [3.8, 4) is 0 Å². The molecule has 1 rings (SSSR count). The second-order valence-electron chi connectivity index (χ2n) is 4.27. The molecule has 3 nitrogen and oxygen atoms in total. The summed E-state index contributed by atoms with van der Waals surface area (Å²) in [4.78, 5) is 0. The van der Waals surface area contributed by atoms with Crippen LogP contribution in [0.25, 0.3) is 0 Å². The molecule has 0 spiro atoms. The number of nitrogens with one attached hydrogen (secondary N) is 1. The van der Waals surface area contributed by atoms with E-state index in [1.54, 1.807) is 0 Å². The van der Waals surface area contributed by atoms with Gasteiger partial charge in [0.1, 0.15) is 0 Å². The summed E-state index contributed by atoms with van der Waals surface area (Å²) >= 11 is 0. The van der Waals surface area contributed by atoms with Crippen molar-refractivity contribution in [2.45, 2.75) is 18.9 Å². The Morgan fingerprint density at radius 1 is 1.36 bits per heavy atom. The molecule has 0 aromatic heterocycles. The Bertz CT molecular complexity index is 103. The van der Waals surface area contributed by atoms with Crippen LogP contribution in [-0.4, -0.2) is 50.2 Å². The zero-order valence-corrected chi connectivity index (χ0v) is 7.80. The first-order valence-electron chi connectivity index (χ1n) is 4.12. The predicted molar refractivity (Wildman–Crippen MR) is 45.9 cm³/mol. The molecule has 0 unspecified atom stereocenters. The number of likely N-dealkylation sites (N-methyl/N-ethyl adjacent to an activating group) is 1. The molecule has 0 aromatic rings. The summed E-state index contributed by atoms with van der Waals surface area (Å²) in [5.41, 5.74) is 0. The summed E-state index contributed by atoms with van der Waals surface area (Å²) in [6, 6.07) is 0.778. The molecule has 0 saturated carbocycles. The lowest BCUT2D eigenvalue weighted by Gasteiger charge is -2.27. The number of hydrogen-bond donors (Lipinski definition) is 1. The van der Waals surface area contributed by atoms with Crippen molar-refractivity contribution >= 4 is 0 Å². The van der Waals surface area contributed by atoms with E-state index in [2.05, 4.69) is 26.5 Å². The molecule has 1 heterocycles.